The molecule has 1 aromatic heterocycles. The zero-order valence-electron chi connectivity index (χ0n) is 15.6. The molecule has 1 aromatic carbocycles. The van der Waals surface area contributed by atoms with Crippen LogP contribution in [0.2, 0.25) is 0 Å². The Morgan fingerprint density at radius 1 is 1.07 bits per heavy atom. The van der Waals surface area contributed by atoms with Gasteiger partial charge in [-0.2, -0.15) is 0 Å². The largest absolute Gasteiger partial charge is 0.336 e. The summed E-state index contributed by atoms with van der Waals surface area (Å²) in [6.07, 6.45) is 0.745. The molecule has 1 fully saturated rings. The molecule has 1 saturated heterocycles. The number of halogens is 1. The van der Waals surface area contributed by atoms with Crippen molar-refractivity contribution < 1.29 is 14.0 Å². The molecule has 0 aliphatic carbocycles. The predicted octanol–water partition coefficient (Wildman–Crippen LogP) is 3.81. The minimum absolute atomic E-state index is 0.0458. The standard InChI is InChI=1S/C20H24FN3O2S/c1-14-8-13-27-18(14)19(25)23-9-3-10-24(12-11-23)20(26)22-15(2)16-4-6-17(21)7-5-16/h4-8,13,15H,3,9-12H2,1-2H3,(H,22,26)/t15-/m0/s1. The number of thiophene rings is 1. The van der Waals surface area contributed by atoms with E-state index < -0.39 is 0 Å². The maximum atomic E-state index is 13.1. The van der Waals surface area contributed by atoms with Crippen LogP contribution in [-0.4, -0.2) is 47.9 Å². The van der Waals surface area contributed by atoms with E-state index in [1.807, 2.05) is 30.2 Å². The van der Waals surface area contributed by atoms with E-state index in [9.17, 15) is 14.0 Å². The van der Waals surface area contributed by atoms with Crippen molar-refractivity contribution in [1.29, 1.82) is 0 Å². The van der Waals surface area contributed by atoms with Crippen LogP contribution in [0.25, 0.3) is 0 Å². The van der Waals surface area contributed by atoms with Crippen molar-refractivity contribution in [3.8, 4) is 0 Å². The molecule has 1 N–H and O–H groups in total. The van der Waals surface area contributed by atoms with E-state index in [1.54, 1.807) is 17.0 Å². The highest BCUT2D eigenvalue weighted by atomic mass is 32.1. The average molecular weight is 389 g/mol. The molecule has 0 unspecified atom stereocenters. The first kappa shape index (κ1) is 19.4. The van der Waals surface area contributed by atoms with Gasteiger partial charge in [-0.15, -0.1) is 11.3 Å². The van der Waals surface area contributed by atoms with Crippen molar-refractivity contribution >= 4 is 23.3 Å². The molecule has 5 nitrogen and oxygen atoms in total. The highest BCUT2D eigenvalue weighted by molar-refractivity contribution is 7.12. The van der Waals surface area contributed by atoms with Crippen molar-refractivity contribution in [3.05, 3.63) is 57.5 Å². The number of hydrogen-bond acceptors (Lipinski definition) is 3. The van der Waals surface area contributed by atoms with Gasteiger partial charge in [0, 0.05) is 26.2 Å². The molecule has 3 rings (SSSR count). The second-order valence-corrected chi connectivity index (χ2v) is 7.70. The summed E-state index contributed by atoms with van der Waals surface area (Å²) in [5.74, 6) is -0.250. The first-order chi connectivity index (χ1) is 13.0. The molecule has 1 atom stereocenters. The lowest BCUT2D eigenvalue weighted by atomic mass is 10.1. The highest BCUT2D eigenvalue weighted by Gasteiger charge is 2.25. The first-order valence-corrected chi connectivity index (χ1v) is 9.98. The van der Waals surface area contributed by atoms with Crippen molar-refractivity contribution in [2.45, 2.75) is 26.3 Å². The third-order valence-corrected chi connectivity index (χ3v) is 5.84. The van der Waals surface area contributed by atoms with Gasteiger partial charge in [0.1, 0.15) is 5.82 Å². The lowest BCUT2D eigenvalue weighted by Gasteiger charge is -2.24. The van der Waals surface area contributed by atoms with Crippen molar-refractivity contribution in [3.63, 3.8) is 0 Å². The van der Waals surface area contributed by atoms with Gasteiger partial charge in [0.2, 0.25) is 0 Å². The molecule has 27 heavy (non-hydrogen) atoms. The Morgan fingerprint density at radius 3 is 2.41 bits per heavy atom. The van der Waals surface area contributed by atoms with Crippen LogP contribution in [0.3, 0.4) is 0 Å². The summed E-state index contributed by atoms with van der Waals surface area (Å²) in [6.45, 7) is 6.09. The zero-order valence-corrected chi connectivity index (χ0v) is 16.4. The summed E-state index contributed by atoms with van der Waals surface area (Å²) in [6, 6.07) is 7.70. The van der Waals surface area contributed by atoms with Gasteiger partial charge in [-0.05, 0) is 55.0 Å². The SMILES string of the molecule is Cc1ccsc1C(=O)N1CCCN(C(=O)N[C@@H](C)c2ccc(F)cc2)CC1. The van der Waals surface area contributed by atoms with Gasteiger partial charge in [-0.25, -0.2) is 9.18 Å². The minimum Gasteiger partial charge on any atom is -0.336 e. The van der Waals surface area contributed by atoms with E-state index in [0.717, 1.165) is 22.4 Å². The number of carbonyl (C=O) groups is 2. The van der Waals surface area contributed by atoms with Crippen molar-refractivity contribution in [2.24, 2.45) is 0 Å². The average Bonchev–Trinajstić information content (AvgIpc) is 2.92. The number of aryl methyl sites for hydroxylation is 1. The summed E-state index contributed by atoms with van der Waals surface area (Å²) in [7, 11) is 0. The minimum atomic E-state index is -0.296. The van der Waals surface area contributed by atoms with E-state index in [0.29, 0.717) is 26.2 Å². The summed E-state index contributed by atoms with van der Waals surface area (Å²) in [4.78, 5) is 29.6. The summed E-state index contributed by atoms with van der Waals surface area (Å²) in [5.41, 5.74) is 1.85. The first-order valence-electron chi connectivity index (χ1n) is 9.10. The van der Waals surface area contributed by atoms with Crippen LogP contribution in [0.5, 0.6) is 0 Å². The van der Waals surface area contributed by atoms with Gasteiger partial charge >= 0.3 is 6.03 Å². The van der Waals surface area contributed by atoms with Gasteiger partial charge in [0.25, 0.3) is 5.91 Å². The van der Waals surface area contributed by atoms with E-state index in [2.05, 4.69) is 5.32 Å². The number of carbonyl (C=O) groups excluding carboxylic acids is 2. The fraction of sp³-hybridized carbons (Fsp3) is 0.400. The fourth-order valence-corrected chi connectivity index (χ4v) is 4.06. The molecule has 2 aromatic rings. The maximum Gasteiger partial charge on any atom is 0.317 e. The Hall–Kier alpha value is -2.41. The lowest BCUT2D eigenvalue weighted by molar-refractivity contribution is 0.0766. The Balaban J connectivity index is 1.57. The van der Waals surface area contributed by atoms with Gasteiger partial charge < -0.3 is 15.1 Å². The zero-order chi connectivity index (χ0) is 19.4. The lowest BCUT2D eigenvalue weighted by Crippen LogP contribution is -2.43. The molecular weight excluding hydrogens is 365 g/mol. The molecule has 144 valence electrons. The van der Waals surface area contributed by atoms with Gasteiger partial charge in [-0.1, -0.05) is 12.1 Å². The second kappa shape index (κ2) is 8.52. The van der Waals surface area contributed by atoms with Gasteiger partial charge in [0.15, 0.2) is 0 Å². The number of benzene rings is 1. The molecule has 0 saturated carbocycles. The van der Waals surface area contributed by atoms with Crippen LogP contribution in [0.4, 0.5) is 9.18 Å². The Kier molecular flexibility index (Phi) is 6.11. The number of nitrogens with one attached hydrogen (secondary N) is 1. The van der Waals surface area contributed by atoms with Crippen LogP contribution in [0.15, 0.2) is 35.7 Å². The molecule has 0 spiro atoms. The molecule has 7 heteroatoms. The molecule has 3 amide bonds. The number of rotatable bonds is 3. The number of urea groups is 1. The Morgan fingerprint density at radius 2 is 1.74 bits per heavy atom. The monoisotopic (exact) mass is 389 g/mol. The Labute approximate surface area is 162 Å². The molecule has 1 aliphatic heterocycles. The van der Waals surface area contributed by atoms with E-state index in [-0.39, 0.29) is 23.8 Å². The Bertz CT molecular complexity index is 806. The van der Waals surface area contributed by atoms with Crippen LogP contribution < -0.4 is 5.32 Å². The van der Waals surface area contributed by atoms with E-state index in [1.165, 1.54) is 23.5 Å². The normalized spacial score (nSPS) is 16.0. The number of hydrogen-bond donors (Lipinski definition) is 1. The summed E-state index contributed by atoms with van der Waals surface area (Å²) >= 11 is 1.46. The van der Waals surface area contributed by atoms with Crippen molar-refractivity contribution in [1.82, 2.24) is 15.1 Å². The third-order valence-electron chi connectivity index (χ3n) is 4.84. The van der Waals surface area contributed by atoms with Gasteiger partial charge in [-0.3, -0.25) is 4.79 Å². The summed E-state index contributed by atoms with van der Waals surface area (Å²) < 4.78 is 13.1. The van der Waals surface area contributed by atoms with Gasteiger partial charge in [0.05, 0.1) is 10.9 Å². The highest BCUT2D eigenvalue weighted by Crippen LogP contribution is 2.19. The van der Waals surface area contributed by atoms with Crippen LogP contribution in [0, 0.1) is 12.7 Å². The predicted molar refractivity (Wildman–Crippen MR) is 104 cm³/mol. The third kappa shape index (κ3) is 4.66. The van der Waals surface area contributed by atoms with Crippen LogP contribution in [0.1, 0.15) is 40.2 Å². The van der Waals surface area contributed by atoms with Crippen molar-refractivity contribution in [2.75, 3.05) is 26.2 Å². The van der Waals surface area contributed by atoms with E-state index in [4.69, 9.17) is 0 Å². The fourth-order valence-electron chi connectivity index (χ4n) is 3.17. The maximum absolute atomic E-state index is 13.1. The molecule has 0 bridgehead atoms. The van der Waals surface area contributed by atoms with E-state index >= 15 is 0 Å². The quantitative estimate of drug-likeness (QED) is 0.868. The smallest absolute Gasteiger partial charge is 0.317 e. The van der Waals surface area contributed by atoms with Crippen LogP contribution in [-0.2, 0) is 0 Å². The topological polar surface area (TPSA) is 52.7 Å². The molecular formula is C20H24FN3O2S. The molecule has 0 radical (unpaired) electrons. The second-order valence-electron chi connectivity index (χ2n) is 6.79. The van der Waals surface area contributed by atoms with Crippen LogP contribution >= 0.6 is 11.3 Å². The summed E-state index contributed by atoms with van der Waals surface area (Å²) in [5, 5.41) is 4.88. The number of nitrogens with zero attached hydrogens (tertiary/aromatic N) is 2. The number of amides is 3. The molecule has 1 aliphatic rings. The molecule has 2 heterocycles.